The van der Waals surface area contributed by atoms with Crippen molar-refractivity contribution in [2.45, 2.75) is 37.8 Å². The first-order valence-electron chi connectivity index (χ1n) is 9.68. The van der Waals surface area contributed by atoms with Gasteiger partial charge in [-0.2, -0.15) is 0 Å². The zero-order chi connectivity index (χ0) is 20.9. The average Bonchev–Trinajstić information content (AvgIpc) is 2.71. The highest BCUT2D eigenvalue weighted by atomic mass is 35.5. The molecule has 3 rings (SSSR count). The van der Waals surface area contributed by atoms with E-state index < -0.39 is 17.3 Å². The fourth-order valence-electron chi connectivity index (χ4n) is 3.46. The van der Waals surface area contributed by atoms with Gasteiger partial charge in [0.25, 0.3) is 5.91 Å². The van der Waals surface area contributed by atoms with E-state index in [-0.39, 0.29) is 29.5 Å². The molecule has 2 aromatic rings. The first-order chi connectivity index (χ1) is 13.9. The molecule has 0 bridgehead atoms. The van der Waals surface area contributed by atoms with Crippen molar-refractivity contribution in [1.29, 1.82) is 0 Å². The summed E-state index contributed by atoms with van der Waals surface area (Å²) < 4.78 is 47.2. The van der Waals surface area contributed by atoms with Crippen LogP contribution >= 0.6 is 11.6 Å². The molecule has 0 atom stereocenters. The first-order valence-corrected chi connectivity index (χ1v) is 10.1. The molecule has 1 aliphatic heterocycles. The largest absolute Gasteiger partial charge is 0.491 e. The van der Waals surface area contributed by atoms with Crippen molar-refractivity contribution in [1.82, 2.24) is 4.90 Å². The number of unbranched alkanes of at least 4 members (excludes halogenated alkanes) is 1. The van der Waals surface area contributed by atoms with Crippen LogP contribution < -0.4 is 4.74 Å². The molecule has 1 aliphatic rings. The summed E-state index contributed by atoms with van der Waals surface area (Å²) in [6.45, 7) is 0.930. The molecule has 0 N–H and O–H groups in total. The zero-order valence-electron chi connectivity index (χ0n) is 16.0. The minimum atomic E-state index is -1.32. The van der Waals surface area contributed by atoms with Crippen LogP contribution in [0.2, 0.25) is 5.02 Å². The molecule has 0 radical (unpaired) electrons. The van der Waals surface area contributed by atoms with Gasteiger partial charge in [0.15, 0.2) is 11.6 Å². The molecule has 1 amide bonds. The molecule has 1 saturated heterocycles. The number of piperidine rings is 1. The molecule has 156 valence electrons. The molecule has 1 heterocycles. The van der Waals surface area contributed by atoms with Gasteiger partial charge in [-0.1, -0.05) is 23.7 Å². The van der Waals surface area contributed by atoms with Crippen molar-refractivity contribution >= 4 is 17.5 Å². The number of hydrogen-bond donors (Lipinski definition) is 0. The SMILES string of the molecule is O=C(c1ccc(F)c(Cl)c1)N1CCC(F)(CCCCOc2ccccc2F)CC1. The first kappa shape index (κ1) is 21.5. The Labute approximate surface area is 173 Å². The Bertz CT molecular complexity index is 854. The Hall–Kier alpha value is -2.21. The second-order valence-corrected chi connectivity index (χ2v) is 7.72. The Morgan fingerprint density at radius 1 is 1.07 bits per heavy atom. The van der Waals surface area contributed by atoms with Crippen LogP contribution in [0.5, 0.6) is 5.75 Å². The molecule has 0 aliphatic carbocycles. The molecule has 1 fully saturated rings. The van der Waals surface area contributed by atoms with E-state index in [2.05, 4.69) is 0 Å². The van der Waals surface area contributed by atoms with E-state index >= 15 is 4.39 Å². The predicted molar refractivity (Wildman–Crippen MR) is 106 cm³/mol. The fraction of sp³-hybridized carbons (Fsp3) is 0.409. The van der Waals surface area contributed by atoms with Crippen LogP contribution in [0, 0.1) is 11.6 Å². The summed E-state index contributed by atoms with van der Waals surface area (Å²) in [6.07, 6.45) is 2.12. The lowest BCUT2D eigenvalue weighted by Crippen LogP contribution is -2.44. The van der Waals surface area contributed by atoms with E-state index in [4.69, 9.17) is 16.3 Å². The van der Waals surface area contributed by atoms with Crippen molar-refractivity contribution < 1.29 is 22.7 Å². The highest BCUT2D eigenvalue weighted by Crippen LogP contribution is 2.32. The van der Waals surface area contributed by atoms with Crippen LogP contribution in [0.3, 0.4) is 0 Å². The number of amides is 1. The second kappa shape index (κ2) is 9.53. The van der Waals surface area contributed by atoms with Gasteiger partial charge in [-0.3, -0.25) is 4.79 Å². The van der Waals surface area contributed by atoms with E-state index in [1.807, 2.05) is 0 Å². The number of carbonyl (C=O) groups is 1. The Balaban J connectivity index is 1.41. The lowest BCUT2D eigenvalue weighted by molar-refractivity contribution is 0.0382. The number of alkyl halides is 1. The quantitative estimate of drug-likeness (QED) is 0.524. The van der Waals surface area contributed by atoms with Crippen molar-refractivity contribution in [2.75, 3.05) is 19.7 Å². The third-order valence-electron chi connectivity index (χ3n) is 5.23. The summed E-state index contributed by atoms with van der Waals surface area (Å²) in [4.78, 5) is 14.1. The lowest BCUT2D eigenvalue weighted by atomic mass is 9.88. The highest BCUT2D eigenvalue weighted by molar-refractivity contribution is 6.31. The molecule has 2 aromatic carbocycles. The van der Waals surface area contributed by atoms with Crippen molar-refractivity contribution in [3.05, 3.63) is 64.7 Å². The van der Waals surface area contributed by atoms with Crippen LogP contribution in [0.15, 0.2) is 42.5 Å². The van der Waals surface area contributed by atoms with Gasteiger partial charge >= 0.3 is 0 Å². The van der Waals surface area contributed by atoms with E-state index in [0.29, 0.717) is 44.5 Å². The molecule has 3 nitrogen and oxygen atoms in total. The molecule has 0 aromatic heterocycles. The van der Waals surface area contributed by atoms with E-state index in [1.165, 1.54) is 18.2 Å². The summed E-state index contributed by atoms with van der Waals surface area (Å²) >= 11 is 5.74. The van der Waals surface area contributed by atoms with E-state index in [0.717, 1.165) is 6.07 Å². The van der Waals surface area contributed by atoms with Crippen LogP contribution in [-0.4, -0.2) is 36.2 Å². The summed E-state index contributed by atoms with van der Waals surface area (Å²) in [5.41, 5.74) is -1.03. The summed E-state index contributed by atoms with van der Waals surface area (Å²) in [6, 6.07) is 10.0. The standard InChI is InChI=1S/C22H23ClF3NO2/c23-17-15-16(7-8-18(17)24)21(28)27-12-10-22(26,11-13-27)9-3-4-14-29-20-6-2-1-5-19(20)25/h1-2,5-8,15H,3-4,9-14H2. The number of hydrogen-bond acceptors (Lipinski definition) is 2. The highest BCUT2D eigenvalue weighted by Gasteiger charge is 2.35. The number of para-hydroxylation sites is 1. The van der Waals surface area contributed by atoms with Crippen molar-refractivity contribution in [2.24, 2.45) is 0 Å². The van der Waals surface area contributed by atoms with Gasteiger partial charge in [-0.25, -0.2) is 13.2 Å². The average molecular weight is 426 g/mol. The molecule has 0 spiro atoms. The summed E-state index contributed by atoms with van der Waals surface area (Å²) in [5, 5.41) is -0.106. The number of carbonyl (C=O) groups excluding carboxylic acids is 1. The molecular formula is C22H23ClF3NO2. The van der Waals surface area contributed by atoms with Crippen LogP contribution in [0.1, 0.15) is 42.5 Å². The minimum Gasteiger partial charge on any atom is -0.491 e. The molecular weight excluding hydrogens is 403 g/mol. The molecule has 7 heteroatoms. The second-order valence-electron chi connectivity index (χ2n) is 7.31. The maximum atomic E-state index is 15.0. The van der Waals surface area contributed by atoms with Crippen molar-refractivity contribution in [3.8, 4) is 5.75 Å². The third kappa shape index (κ3) is 5.66. The van der Waals surface area contributed by atoms with Gasteiger partial charge in [-0.05, 0) is 62.4 Å². The maximum absolute atomic E-state index is 15.0. The molecule has 0 saturated carbocycles. The predicted octanol–water partition coefficient (Wildman–Crippen LogP) is 5.81. The monoisotopic (exact) mass is 425 g/mol. The number of halogens is 4. The molecule has 29 heavy (non-hydrogen) atoms. The molecule has 0 unspecified atom stereocenters. The van der Waals surface area contributed by atoms with Crippen LogP contribution in [-0.2, 0) is 0 Å². The zero-order valence-corrected chi connectivity index (χ0v) is 16.7. The van der Waals surface area contributed by atoms with Crippen LogP contribution in [0.25, 0.3) is 0 Å². The number of nitrogens with zero attached hydrogens (tertiary/aromatic N) is 1. The summed E-state index contributed by atoms with van der Waals surface area (Å²) in [7, 11) is 0. The van der Waals surface area contributed by atoms with Gasteiger partial charge in [0, 0.05) is 18.7 Å². The Morgan fingerprint density at radius 3 is 2.48 bits per heavy atom. The lowest BCUT2D eigenvalue weighted by Gasteiger charge is -2.36. The maximum Gasteiger partial charge on any atom is 0.253 e. The Kier molecular flexibility index (Phi) is 7.06. The third-order valence-corrected chi connectivity index (χ3v) is 5.52. The topological polar surface area (TPSA) is 29.5 Å². The normalized spacial score (nSPS) is 15.9. The van der Waals surface area contributed by atoms with Gasteiger partial charge in [0.05, 0.1) is 11.6 Å². The Morgan fingerprint density at radius 2 is 1.79 bits per heavy atom. The fourth-order valence-corrected chi connectivity index (χ4v) is 3.64. The summed E-state index contributed by atoms with van der Waals surface area (Å²) in [5.74, 6) is -1.06. The van der Waals surface area contributed by atoms with Gasteiger partial charge in [0.1, 0.15) is 11.5 Å². The van der Waals surface area contributed by atoms with Gasteiger partial charge < -0.3 is 9.64 Å². The van der Waals surface area contributed by atoms with Gasteiger partial charge in [0.2, 0.25) is 0 Å². The number of rotatable bonds is 7. The van der Waals surface area contributed by atoms with E-state index in [1.54, 1.807) is 23.1 Å². The number of likely N-dealkylation sites (tertiary alicyclic amines) is 1. The smallest absolute Gasteiger partial charge is 0.253 e. The number of ether oxygens (including phenoxy) is 1. The van der Waals surface area contributed by atoms with Crippen LogP contribution in [0.4, 0.5) is 13.2 Å². The number of benzene rings is 2. The minimum absolute atomic E-state index is 0.106. The van der Waals surface area contributed by atoms with Crippen molar-refractivity contribution in [3.63, 3.8) is 0 Å². The van der Waals surface area contributed by atoms with Gasteiger partial charge in [-0.15, -0.1) is 0 Å². The van der Waals surface area contributed by atoms with E-state index in [9.17, 15) is 13.6 Å².